The normalized spacial score (nSPS) is 10.7. The van der Waals surface area contributed by atoms with E-state index in [9.17, 15) is 4.79 Å². The van der Waals surface area contributed by atoms with Gasteiger partial charge in [-0.15, -0.1) is 11.8 Å². The zero-order valence-corrected chi connectivity index (χ0v) is 12.3. The Balaban J connectivity index is 2.15. The van der Waals surface area contributed by atoms with Gasteiger partial charge < -0.3 is 9.52 Å². The number of benzene rings is 1. The predicted octanol–water partition coefficient (Wildman–Crippen LogP) is 4.89. The number of carboxylic acids is 1. The fourth-order valence-corrected chi connectivity index (χ4v) is 3.16. The summed E-state index contributed by atoms with van der Waals surface area (Å²) in [7, 11) is 0. The number of furan rings is 1. The highest BCUT2D eigenvalue weighted by molar-refractivity contribution is 7.98. The molecule has 0 spiro atoms. The summed E-state index contributed by atoms with van der Waals surface area (Å²) >= 11 is 13.5. The molecule has 19 heavy (non-hydrogen) atoms. The lowest BCUT2D eigenvalue weighted by molar-refractivity contribution is 0.0695. The Morgan fingerprint density at radius 1 is 1.37 bits per heavy atom. The minimum absolute atomic E-state index is 0.181. The van der Waals surface area contributed by atoms with E-state index in [4.69, 9.17) is 32.7 Å². The molecule has 0 aliphatic heterocycles. The number of aromatic carboxylic acids is 1. The van der Waals surface area contributed by atoms with Crippen LogP contribution in [-0.2, 0) is 5.75 Å². The van der Waals surface area contributed by atoms with Crippen LogP contribution < -0.4 is 0 Å². The van der Waals surface area contributed by atoms with Gasteiger partial charge in [-0.3, -0.25) is 0 Å². The molecule has 6 heteroatoms. The number of halogens is 2. The van der Waals surface area contributed by atoms with Crippen LogP contribution in [0, 0.1) is 6.92 Å². The summed E-state index contributed by atoms with van der Waals surface area (Å²) in [6, 6.07) is 6.81. The third-order valence-corrected chi connectivity index (χ3v) is 4.49. The standard InChI is InChI=1S/C13H10Cl2O3S/c1-7-9(13(16)17)5-8(18-7)6-19-12-10(14)3-2-4-11(12)15/h2-5H,6H2,1H3,(H,16,17). The van der Waals surface area contributed by atoms with Crippen molar-refractivity contribution in [3.63, 3.8) is 0 Å². The number of rotatable bonds is 4. The average Bonchev–Trinajstić information content (AvgIpc) is 2.70. The molecule has 1 N–H and O–H groups in total. The minimum Gasteiger partial charge on any atom is -0.478 e. The zero-order chi connectivity index (χ0) is 14.0. The zero-order valence-electron chi connectivity index (χ0n) is 9.94. The van der Waals surface area contributed by atoms with E-state index in [0.717, 1.165) is 4.90 Å². The first kappa shape index (κ1) is 14.3. The summed E-state index contributed by atoms with van der Waals surface area (Å²) in [6.07, 6.45) is 0. The van der Waals surface area contributed by atoms with Crippen LogP contribution in [0.4, 0.5) is 0 Å². The van der Waals surface area contributed by atoms with Gasteiger partial charge in [0, 0.05) is 4.90 Å². The molecule has 0 aliphatic carbocycles. The van der Waals surface area contributed by atoms with Gasteiger partial charge in [-0.2, -0.15) is 0 Å². The van der Waals surface area contributed by atoms with Crippen LogP contribution in [0.3, 0.4) is 0 Å². The van der Waals surface area contributed by atoms with Gasteiger partial charge in [0.15, 0.2) is 0 Å². The first-order chi connectivity index (χ1) is 8.99. The van der Waals surface area contributed by atoms with Crippen molar-refractivity contribution in [2.45, 2.75) is 17.6 Å². The Morgan fingerprint density at radius 3 is 2.53 bits per heavy atom. The molecule has 0 saturated heterocycles. The highest BCUT2D eigenvalue weighted by Crippen LogP contribution is 2.36. The van der Waals surface area contributed by atoms with Crippen LogP contribution in [0.15, 0.2) is 33.6 Å². The van der Waals surface area contributed by atoms with E-state index < -0.39 is 5.97 Å². The molecule has 0 atom stereocenters. The number of hydrogen-bond acceptors (Lipinski definition) is 3. The molecule has 1 heterocycles. The van der Waals surface area contributed by atoms with Gasteiger partial charge >= 0.3 is 5.97 Å². The second kappa shape index (κ2) is 5.90. The van der Waals surface area contributed by atoms with E-state index in [1.165, 1.54) is 17.8 Å². The maximum Gasteiger partial charge on any atom is 0.339 e. The second-order valence-electron chi connectivity index (χ2n) is 3.83. The lowest BCUT2D eigenvalue weighted by atomic mass is 10.2. The summed E-state index contributed by atoms with van der Waals surface area (Å²) < 4.78 is 5.39. The molecule has 100 valence electrons. The molecular weight excluding hydrogens is 307 g/mol. The van der Waals surface area contributed by atoms with E-state index >= 15 is 0 Å². The summed E-state index contributed by atoms with van der Waals surface area (Å²) in [5, 5.41) is 10.1. The summed E-state index contributed by atoms with van der Waals surface area (Å²) in [5.74, 6) is 0.454. The molecule has 0 aliphatic rings. The van der Waals surface area contributed by atoms with Crippen LogP contribution in [0.2, 0.25) is 10.0 Å². The summed E-state index contributed by atoms with van der Waals surface area (Å²) in [5.41, 5.74) is 0.181. The lowest BCUT2D eigenvalue weighted by Crippen LogP contribution is -1.94. The number of thioether (sulfide) groups is 1. The van der Waals surface area contributed by atoms with Gasteiger partial charge in [0.05, 0.1) is 15.8 Å². The second-order valence-corrected chi connectivity index (χ2v) is 5.63. The van der Waals surface area contributed by atoms with Crippen molar-refractivity contribution in [2.75, 3.05) is 0 Å². The van der Waals surface area contributed by atoms with E-state index in [1.54, 1.807) is 25.1 Å². The fraction of sp³-hybridized carbons (Fsp3) is 0.154. The van der Waals surface area contributed by atoms with Crippen LogP contribution in [0.1, 0.15) is 21.9 Å². The van der Waals surface area contributed by atoms with Crippen molar-refractivity contribution in [1.82, 2.24) is 0 Å². The van der Waals surface area contributed by atoms with Gasteiger partial charge in [-0.1, -0.05) is 29.3 Å². The van der Waals surface area contributed by atoms with E-state index in [-0.39, 0.29) is 5.56 Å². The van der Waals surface area contributed by atoms with Gasteiger partial charge in [-0.25, -0.2) is 4.79 Å². The molecule has 0 amide bonds. The lowest BCUT2D eigenvalue weighted by Gasteiger charge is -2.04. The quantitative estimate of drug-likeness (QED) is 0.816. The number of carboxylic acid groups (broad SMARTS) is 1. The molecule has 3 nitrogen and oxygen atoms in total. The van der Waals surface area contributed by atoms with Crippen LogP contribution in [0.25, 0.3) is 0 Å². The molecule has 2 rings (SSSR count). The Labute approximate surface area is 124 Å². The van der Waals surface area contributed by atoms with Crippen LogP contribution in [0.5, 0.6) is 0 Å². The fourth-order valence-electron chi connectivity index (χ4n) is 1.59. The van der Waals surface area contributed by atoms with Crippen molar-refractivity contribution in [2.24, 2.45) is 0 Å². The first-order valence-corrected chi connectivity index (χ1v) is 7.12. The van der Waals surface area contributed by atoms with Gasteiger partial charge in [-0.05, 0) is 25.1 Å². The minimum atomic E-state index is -0.992. The average molecular weight is 317 g/mol. The predicted molar refractivity (Wildman–Crippen MR) is 76.4 cm³/mol. The van der Waals surface area contributed by atoms with E-state index in [0.29, 0.717) is 27.3 Å². The maximum absolute atomic E-state index is 10.9. The first-order valence-electron chi connectivity index (χ1n) is 5.38. The third-order valence-electron chi connectivity index (χ3n) is 2.48. The molecule has 0 bridgehead atoms. The largest absolute Gasteiger partial charge is 0.478 e. The Morgan fingerprint density at radius 2 is 2.00 bits per heavy atom. The van der Waals surface area contributed by atoms with Crippen LogP contribution in [-0.4, -0.2) is 11.1 Å². The monoisotopic (exact) mass is 316 g/mol. The van der Waals surface area contributed by atoms with Crippen molar-refractivity contribution < 1.29 is 14.3 Å². The van der Waals surface area contributed by atoms with Gasteiger partial charge in [0.1, 0.15) is 17.1 Å². The highest BCUT2D eigenvalue weighted by Gasteiger charge is 2.14. The molecule has 0 unspecified atom stereocenters. The maximum atomic E-state index is 10.9. The van der Waals surface area contributed by atoms with Crippen molar-refractivity contribution in [3.8, 4) is 0 Å². The summed E-state index contributed by atoms with van der Waals surface area (Å²) in [4.78, 5) is 11.7. The molecule has 1 aromatic carbocycles. The molecular formula is C13H10Cl2O3S. The van der Waals surface area contributed by atoms with Crippen molar-refractivity contribution in [1.29, 1.82) is 0 Å². The Hall–Kier alpha value is -1.10. The molecule has 0 fully saturated rings. The topological polar surface area (TPSA) is 50.4 Å². The molecule has 0 saturated carbocycles. The Bertz CT molecular complexity index is 602. The number of carbonyl (C=O) groups is 1. The molecule has 2 aromatic rings. The smallest absolute Gasteiger partial charge is 0.339 e. The van der Waals surface area contributed by atoms with Crippen molar-refractivity contribution in [3.05, 3.63) is 51.4 Å². The van der Waals surface area contributed by atoms with Crippen molar-refractivity contribution >= 4 is 40.9 Å². The van der Waals surface area contributed by atoms with E-state index in [2.05, 4.69) is 0 Å². The number of hydrogen-bond donors (Lipinski definition) is 1. The SMILES string of the molecule is Cc1oc(CSc2c(Cl)cccc2Cl)cc1C(=O)O. The number of aryl methyl sites for hydroxylation is 1. The summed E-state index contributed by atoms with van der Waals surface area (Å²) in [6.45, 7) is 1.63. The van der Waals surface area contributed by atoms with Gasteiger partial charge in [0.2, 0.25) is 0 Å². The highest BCUT2D eigenvalue weighted by atomic mass is 35.5. The third kappa shape index (κ3) is 3.26. The van der Waals surface area contributed by atoms with Crippen LogP contribution >= 0.6 is 35.0 Å². The Kier molecular flexibility index (Phi) is 4.45. The van der Waals surface area contributed by atoms with Gasteiger partial charge in [0.25, 0.3) is 0 Å². The van der Waals surface area contributed by atoms with E-state index in [1.807, 2.05) is 0 Å². The molecule has 0 radical (unpaired) electrons. The molecule has 1 aromatic heterocycles.